The summed E-state index contributed by atoms with van der Waals surface area (Å²) in [5.41, 5.74) is -2.42. The third-order valence-electron chi connectivity index (χ3n) is 11.7. The van der Waals surface area contributed by atoms with Crippen molar-refractivity contribution in [3.05, 3.63) is 46.6 Å². The molecule has 2 aliphatic rings. The largest absolute Gasteiger partial charge is 0.459 e. The molecule has 2 rings (SSSR count). The number of unbranched alkanes of at least 4 members (excludes halogenated alkanes) is 2. The minimum absolute atomic E-state index is 0.270. The standard InChI is InChI=1S/C50H86O8/c1-21-23-25-49(53)37(43(5,6)7)27-35(28-38(49)44(8,9)10)41(51)55-33(3)31-47(17,18)57-58-48(19,20)32-34(4)56-42(52)36-29-39(45(11,12)13)50(54,26-24-22-2)40(30-36)46(14,15)16/h27-30,33-34,37,39,53-54H,21-26,31-32H2,1-20H3. The van der Waals surface area contributed by atoms with E-state index in [0.717, 1.165) is 36.8 Å². The summed E-state index contributed by atoms with van der Waals surface area (Å²) in [4.78, 5) is 39.6. The van der Waals surface area contributed by atoms with E-state index in [0.29, 0.717) is 36.8 Å². The molecule has 0 aromatic rings. The van der Waals surface area contributed by atoms with Crippen molar-refractivity contribution in [1.82, 2.24) is 0 Å². The zero-order valence-electron chi connectivity index (χ0n) is 40.6. The highest BCUT2D eigenvalue weighted by Gasteiger charge is 2.51. The van der Waals surface area contributed by atoms with E-state index < -0.39 is 46.6 Å². The fourth-order valence-electron chi connectivity index (χ4n) is 9.28. The summed E-state index contributed by atoms with van der Waals surface area (Å²) in [5.74, 6) is -1.39. The number of aliphatic hydroxyl groups is 2. The second-order valence-electron chi connectivity index (χ2n) is 23.1. The van der Waals surface area contributed by atoms with Gasteiger partial charge < -0.3 is 19.7 Å². The van der Waals surface area contributed by atoms with Gasteiger partial charge in [-0.3, -0.25) is 0 Å². The Labute approximate surface area is 354 Å². The van der Waals surface area contributed by atoms with Crippen LogP contribution >= 0.6 is 0 Å². The zero-order valence-corrected chi connectivity index (χ0v) is 40.6. The summed E-state index contributed by atoms with van der Waals surface area (Å²) in [6.07, 6.45) is 12.2. The molecule has 0 saturated heterocycles. The van der Waals surface area contributed by atoms with E-state index >= 15 is 0 Å². The van der Waals surface area contributed by atoms with Crippen LogP contribution in [0.1, 0.15) is 190 Å². The van der Waals surface area contributed by atoms with Gasteiger partial charge in [0.15, 0.2) is 0 Å². The average molecular weight is 815 g/mol. The smallest absolute Gasteiger partial charge is 0.338 e. The number of esters is 2. The molecular weight excluding hydrogens is 729 g/mol. The summed E-state index contributed by atoms with van der Waals surface area (Å²) in [7, 11) is 0. The van der Waals surface area contributed by atoms with Crippen LogP contribution < -0.4 is 0 Å². The number of carbonyl (C=O) groups excluding carboxylic acids is 2. The lowest BCUT2D eigenvalue weighted by atomic mass is 9.59. The quantitative estimate of drug-likeness (QED) is 0.0848. The lowest BCUT2D eigenvalue weighted by Crippen LogP contribution is -2.50. The fraction of sp³-hybridized carbons (Fsp3) is 0.800. The second-order valence-corrected chi connectivity index (χ2v) is 23.1. The minimum Gasteiger partial charge on any atom is -0.459 e. The summed E-state index contributed by atoms with van der Waals surface area (Å²) >= 11 is 0. The summed E-state index contributed by atoms with van der Waals surface area (Å²) in [5, 5.41) is 24.6. The van der Waals surface area contributed by atoms with Crippen LogP contribution in [0.2, 0.25) is 0 Å². The molecule has 2 aliphatic carbocycles. The molecule has 0 aromatic heterocycles. The molecule has 58 heavy (non-hydrogen) atoms. The van der Waals surface area contributed by atoms with Gasteiger partial charge in [-0.25, -0.2) is 19.4 Å². The zero-order chi connectivity index (χ0) is 45.1. The van der Waals surface area contributed by atoms with Gasteiger partial charge in [0.05, 0.1) is 22.3 Å². The van der Waals surface area contributed by atoms with E-state index in [2.05, 4.69) is 96.9 Å². The number of ether oxygens (including phenoxy) is 2. The molecule has 334 valence electrons. The van der Waals surface area contributed by atoms with Gasteiger partial charge in [0, 0.05) is 24.7 Å². The molecule has 0 bridgehead atoms. The predicted octanol–water partition coefficient (Wildman–Crippen LogP) is 12.1. The molecule has 0 spiro atoms. The van der Waals surface area contributed by atoms with Gasteiger partial charge >= 0.3 is 11.9 Å². The number of hydrogen-bond donors (Lipinski definition) is 2. The predicted molar refractivity (Wildman–Crippen MR) is 237 cm³/mol. The molecule has 0 aromatic carbocycles. The molecule has 0 saturated carbocycles. The Balaban J connectivity index is 2.16. The van der Waals surface area contributed by atoms with Gasteiger partial charge in [0.25, 0.3) is 0 Å². The van der Waals surface area contributed by atoms with Gasteiger partial charge in [-0.2, -0.15) is 0 Å². The molecule has 2 N–H and O–H groups in total. The van der Waals surface area contributed by atoms with Crippen LogP contribution in [0.25, 0.3) is 0 Å². The van der Waals surface area contributed by atoms with Crippen molar-refractivity contribution in [1.29, 1.82) is 0 Å². The van der Waals surface area contributed by atoms with Crippen molar-refractivity contribution >= 4 is 11.9 Å². The SMILES string of the molecule is CCCCC1(O)C(C(C)(C)C)=CC(C(=O)OC(C)CC(C)(C)OOC(C)(C)CC(C)OC(=O)C2=CC(C(C)(C)C)C(O)(CCCC)C(C(C)(C)C)=C2)=CC1C(C)(C)C. The van der Waals surface area contributed by atoms with Crippen LogP contribution in [0.15, 0.2) is 46.6 Å². The molecular formula is C50H86O8. The highest BCUT2D eigenvalue weighted by molar-refractivity contribution is 5.93. The number of rotatable bonds is 17. The average Bonchev–Trinajstić information content (AvgIpc) is 3.02. The Bertz CT molecular complexity index is 1430. The van der Waals surface area contributed by atoms with Gasteiger partial charge in [-0.15, -0.1) is 0 Å². The molecule has 6 atom stereocenters. The van der Waals surface area contributed by atoms with Gasteiger partial charge in [0.2, 0.25) is 0 Å². The van der Waals surface area contributed by atoms with Crippen LogP contribution in [0, 0.1) is 33.5 Å². The maximum atomic E-state index is 13.8. The Kier molecular flexibility index (Phi) is 16.8. The van der Waals surface area contributed by atoms with Gasteiger partial charge in [-0.1, -0.05) is 135 Å². The van der Waals surface area contributed by atoms with Gasteiger partial charge in [0.1, 0.15) is 23.4 Å². The van der Waals surface area contributed by atoms with E-state index in [1.807, 2.05) is 65.8 Å². The topological polar surface area (TPSA) is 112 Å². The van der Waals surface area contributed by atoms with Crippen molar-refractivity contribution in [2.75, 3.05) is 0 Å². The normalized spacial score (nSPS) is 24.9. The molecule has 6 unspecified atom stereocenters. The highest BCUT2D eigenvalue weighted by Crippen LogP contribution is 2.52. The Hall–Kier alpha value is -2.26. The molecule has 0 amide bonds. The van der Waals surface area contributed by atoms with Crippen molar-refractivity contribution in [2.45, 2.75) is 224 Å². The lowest BCUT2D eigenvalue weighted by Gasteiger charge is -2.49. The van der Waals surface area contributed by atoms with Crippen molar-refractivity contribution in [3.8, 4) is 0 Å². The molecule has 0 aliphatic heterocycles. The van der Waals surface area contributed by atoms with Crippen LogP contribution in [0.3, 0.4) is 0 Å². The van der Waals surface area contributed by atoms with Gasteiger partial charge in [-0.05, 0) is 99.3 Å². The van der Waals surface area contributed by atoms with Crippen LogP contribution in [0.4, 0.5) is 0 Å². The van der Waals surface area contributed by atoms with E-state index in [1.165, 1.54) is 0 Å². The first-order valence-electron chi connectivity index (χ1n) is 22.2. The first-order valence-corrected chi connectivity index (χ1v) is 22.2. The highest BCUT2D eigenvalue weighted by atomic mass is 17.2. The van der Waals surface area contributed by atoms with Crippen LogP contribution in [-0.2, 0) is 28.8 Å². The van der Waals surface area contributed by atoms with E-state index in [4.69, 9.17) is 19.2 Å². The Morgan fingerprint density at radius 3 is 1.12 bits per heavy atom. The van der Waals surface area contributed by atoms with Crippen molar-refractivity contribution < 1.29 is 39.1 Å². The molecule has 0 fully saturated rings. The second kappa shape index (κ2) is 18.8. The van der Waals surface area contributed by atoms with Crippen molar-refractivity contribution in [2.24, 2.45) is 33.5 Å². The first kappa shape index (κ1) is 51.9. The molecule has 8 heteroatoms. The Morgan fingerprint density at radius 1 is 0.586 bits per heavy atom. The molecule has 0 heterocycles. The fourth-order valence-corrected chi connectivity index (χ4v) is 9.28. The lowest BCUT2D eigenvalue weighted by molar-refractivity contribution is -0.406. The summed E-state index contributed by atoms with van der Waals surface area (Å²) < 4.78 is 12.1. The first-order chi connectivity index (χ1) is 26.0. The summed E-state index contributed by atoms with van der Waals surface area (Å²) in [6, 6.07) is 0. The third-order valence-corrected chi connectivity index (χ3v) is 11.7. The van der Waals surface area contributed by atoms with E-state index in [9.17, 15) is 19.8 Å². The number of carbonyl (C=O) groups is 2. The van der Waals surface area contributed by atoms with E-state index in [-0.39, 0.29) is 33.5 Å². The number of hydrogen-bond acceptors (Lipinski definition) is 8. The van der Waals surface area contributed by atoms with E-state index in [1.54, 1.807) is 0 Å². The summed E-state index contributed by atoms with van der Waals surface area (Å²) in [6.45, 7) is 40.7. The maximum Gasteiger partial charge on any atom is 0.338 e. The van der Waals surface area contributed by atoms with Crippen LogP contribution in [-0.4, -0.2) is 56.8 Å². The van der Waals surface area contributed by atoms with Crippen molar-refractivity contribution in [3.63, 3.8) is 0 Å². The molecule has 8 nitrogen and oxygen atoms in total. The minimum atomic E-state index is -1.06. The Morgan fingerprint density at radius 2 is 0.879 bits per heavy atom. The third kappa shape index (κ3) is 13.6. The molecule has 0 radical (unpaired) electrons. The maximum absolute atomic E-state index is 13.8. The van der Waals surface area contributed by atoms with Crippen LogP contribution in [0.5, 0.6) is 0 Å². The monoisotopic (exact) mass is 815 g/mol.